The summed E-state index contributed by atoms with van der Waals surface area (Å²) >= 11 is 0. The van der Waals surface area contributed by atoms with E-state index in [9.17, 15) is 4.79 Å². The number of aryl methyl sites for hydroxylation is 1. The zero-order chi connectivity index (χ0) is 16.2. The van der Waals surface area contributed by atoms with Crippen molar-refractivity contribution in [2.45, 2.75) is 31.7 Å². The van der Waals surface area contributed by atoms with E-state index in [-0.39, 0.29) is 5.91 Å². The van der Waals surface area contributed by atoms with Gasteiger partial charge < -0.3 is 19.7 Å². The Kier molecular flexibility index (Phi) is 5.06. The van der Waals surface area contributed by atoms with Gasteiger partial charge >= 0.3 is 0 Å². The van der Waals surface area contributed by atoms with E-state index in [4.69, 9.17) is 9.47 Å². The minimum atomic E-state index is 0.151. The molecule has 3 heterocycles. The average molecular weight is 318 g/mol. The van der Waals surface area contributed by atoms with Crippen molar-refractivity contribution in [2.75, 3.05) is 33.9 Å². The molecule has 0 saturated carbocycles. The van der Waals surface area contributed by atoms with Crippen molar-refractivity contribution in [1.29, 1.82) is 0 Å². The molecule has 0 spiro atoms. The van der Waals surface area contributed by atoms with Crippen molar-refractivity contribution in [3.8, 4) is 11.5 Å². The Balaban J connectivity index is 1.51. The minimum Gasteiger partial charge on any atom is -0.493 e. The maximum atomic E-state index is 12.3. The topological polar surface area (TPSA) is 50.8 Å². The van der Waals surface area contributed by atoms with Crippen molar-refractivity contribution >= 4 is 5.91 Å². The van der Waals surface area contributed by atoms with E-state index in [1.165, 1.54) is 25.9 Å². The molecule has 126 valence electrons. The molecule has 1 amide bonds. The molecule has 5 nitrogen and oxygen atoms in total. The van der Waals surface area contributed by atoms with Gasteiger partial charge in [0.25, 0.3) is 0 Å². The largest absolute Gasteiger partial charge is 0.493 e. The highest BCUT2D eigenvalue weighted by atomic mass is 16.5. The van der Waals surface area contributed by atoms with Crippen molar-refractivity contribution < 1.29 is 14.3 Å². The van der Waals surface area contributed by atoms with Crippen LogP contribution in [0.3, 0.4) is 0 Å². The first-order valence-corrected chi connectivity index (χ1v) is 8.42. The molecular weight excluding hydrogens is 292 g/mol. The Labute approximate surface area is 137 Å². The molecule has 2 bridgehead atoms. The number of amides is 1. The van der Waals surface area contributed by atoms with Crippen molar-refractivity contribution in [2.24, 2.45) is 5.92 Å². The Hall–Kier alpha value is -1.75. The third kappa shape index (κ3) is 3.78. The number of carbonyl (C=O) groups excluding carboxylic acids is 1. The molecule has 1 aromatic rings. The monoisotopic (exact) mass is 318 g/mol. The number of rotatable bonds is 6. The number of carbonyl (C=O) groups is 1. The molecule has 0 aromatic heterocycles. The molecule has 5 heteroatoms. The van der Waals surface area contributed by atoms with Crippen LogP contribution < -0.4 is 14.8 Å². The summed E-state index contributed by atoms with van der Waals surface area (Å²) in [5.74, 6) is 2.25. The van der Waals surface area contributed by atoms with Gasteiger partial charge in [0.15, 0.2) is 11.5 Å². The number of fused-ring (bicyclic) bond motifs is 3. The Morgan fingerprint density at radius 1 is 1.22 bits per heavy atom. The van der Waals surface area contributed by atoms with E-state index >= 15 is 0 Å². The van der Waals surface area contributed by atoms with Crippen LogP contribution in [0.4, 0.5) is 0 Å². The molecule has 4 rings (SSSR count). The second-order valence-electron chi connectivity index (χ2n) is 6.50. The minimum absolute atomic E-state index is 0.151. The summed E-state index contributed by atoms with van der Waals surface area (Å²) < 4.78 is 10.5. The first-order valence-electron chi connectivity index (χ1n) is 8.42. The zero-order valence-electron chi connectivity index (χ0n) is 14.0. The normalized spacial score (nSPS) is 25.9. The summed E-state index contributed by atoms with van der Waals surface area (Å²) in [5.41, 5.74) is 1.09. The fourth-order valence-electron chi connectivity index (χ4n) is 3.70. The Morgan fingerprint density at radius 3 is 2.57 bits per heavy atom. The van der Waals surface area contributed by atoms with E-state index in [0.717, 1.165) is 12.1 Å². The molecule has 0 aliphatic carbocycles. The van der Waals surface area contributed by atoms with Gasteiger partial charge in [-0.25, -0.2) is 0 Å². The molecule has 1 aromatic carbocycles. The smallest absolute Gasteiger partial charge is 0.220 e. The molecule has 3 fully saturated rings. The maximum Gasteiger partial charge on any atom is 0.220 e. The van der Waals surface area contributed by atoms with E-state index in [2.05, 4.69) is 10.2 Å². The summed E-state index contributed by atoms with van der Waals surface area (Å²) in [5, 5.41) is 3.24. The SMILES string of the molecule is COc1ccc(CCC(=O)NC2CN3CCC2CC3)cc1OC. The molecule has 0 radical (unpaired) electrons. The Morgan fingerprint density at radius 2 is 1.96 bits per heavy atom. The van der Waals surface area contributed by atoms with Gasteiger partial charge in [0, 0.05) is 19.0 Å². The number of hydrogen-bond donors (Lipinski definition) is 1. The fraction of sp³-hybridized carbons (Fsp3) is 0.611. The van der Waals surface area contributed by atoms with E-state index in [1.807, 2.05) is 18.2 Å². The first-order chi connectivity index (χ1) is 11.2. The van der Waals surface area contributed by atoms with E-state index in [1.54, 1.807) is 14.2 Å². The quantitative estimate of drug-likeness (QED) is 0.870. The van der Waals surface area contributed by atoms with Gasteiger partial charge in [-0.05, 0) is 56.0 Å². The summed E-state index contributed by atoms with van der Waals surface area (Å²) in [6.07, 6.45) is 3.67. The highest BCUT2D eigenvalue weighted by molar-refractivity contribution is 5.76. The van der Waals surface area contributed by atoms with Crippen molar-refractivity contribution in [1.82, 2.24) is 10.2 Å². The first kappa shape index (κ1) is 16.1. The van der Waals surface area contributed by atoms with Gasteiger partial charge in [-0.15, -0.1) is 0 Å². The van der Waals surface area contributed by atoms with Crippen LogP contribution in [-0.2, 0) is 11.2 Å². The van der Waals surface area contributed by atoms with Crippen LogP contribution >= 0.6 is 0 Å². The van der Waals surface area contributed by atoms with Gasteiger partial charge in [0.2, 0.25) is 5.91 Å². The van der Waals surface area contributed by atoms with Gasteiger partial charge in [-0.3, -0.25) is 4.79 Å². The Bertz CT molecular complexity index is 553. The lowest BCUT2D eigenvalue weighted by atomic mass is 9.84. The van der Waals surface area contributed by atoms with Gasteiger partial charge in [0.1, 0.15) is 0 Å². The molecule has 3 aliphatic rings. The van der Waals surface area contributed by atoms with Gasteiger partial charge in [0.05, 0.1) is 14.2 Å². The lowest BCUT2D eigenvalue weighted by Gasteiger charge is -2.44. The standard InChI is InChI=1S/C18H26N2O3/c1-22-16-5-3-13(11-17(16)23-2)4-6-18(21)19-15-12-20-9-7-14(15)8-10-20/h3,5,11,14-15H,4,6-10,12H2,1-2H3,(H,19,21). The predicted molar refractivity (Wildman–Crippen MR) is 89.0 cm³/mol. The second-order valence-corrected chi connectivity index (χ2v) is 6.50. The van der Waals surface area contributed by atoms with Crippen molar-refractivity contribution in [3.63, 3.8) is 0 Å². The number of nitrogens with one attached hydrogen (secondary N) is 1. The number of nitrogens with zero attached hydrogens (tertiary/aromatic N) is 1. The van der Waals surface area contributed by atoms with Gasteiger partial charge in [-0.2, -0.15) is 0 Å². The van der Waals surface area contributed by atoms with Crippen LogP contribution in [0.1, 0.15) is 24.8 Å². The van der Waals surface area contributed by atoms with Crippen LogP contribution in [-0.4, -0.2) is 50.7 Å². The summed E-state index contributed by atoms with van der Waals surface area (Å²) in [4.78, 5) is 14.7. The van der Waals surface area contributed by atoms with Crippen LogP contribution in [0.5, 0.6) is 11.5 Å². The molecule has 1 N–H and O–H groups in total. The molecule has 1 atom stereocenters. The predicted octanol–water partition coefficient (Wildman–Crippen LogP) is 1.85. The summed E-state index contributed by atoms with van der Waals surface area (Å²) in [6, 6.07) is 6.17. The number of benzene rings is 1. The molecule has 3 aliphatic heterocycles. The van der Waals surface area contributed by atoms with Crippen molar-refractivity contribution in [3.05, 3.63) is 23.8 Å². The lowest BCUT2D eigenvalue weighted by Crippen LogP contribution is -2.57. The van der Waals surface area contributed by atoms with Crippen LogP contribution in [0.2, 0.25) is 0 Å². The second kappa shape index (κ2) is 7.21. The number of hydrogen-bond acceptors (Lipinski definition) is 4. The van der Waals surface area contributed by atoms with E-state index in [0.29, 0.717) is 36.3 Å². The zero-order valence-corrected chi connectivity index (χ0v) is 14.0. The number of piperidine rings is 3. The van der Waals surface area contributed by atoms with Gasteiger partial charge in [-0.1, -0.05) is 6.07 Å². The lowest BCUT2D eigenvalue weighted by molar-refractivity contribution is -0.123. The van der Waals surface area contributed by atoms with Crippen LogP contribution in [0.25, 0.3) is 0 Å². The highest BCUT2D eigenvalue weighted by Gasteiger charge is 2.34. The third-order valence-corrected chi connectivity index (χ3v) is 5.09. The fourth-order valence-corrected chi connectivity index (χ4v) is 3.70. The third-order valence-electron chi connectivity index (χ3n) is 5.09. The summed E-state index contributed by atoms with van der Waals surface area (Å²) in [7, 11) is 3.25. The molecular formula is C18H26N2O3. The summed E-state index contributed by atoms with van der Waals surface area (Å²) in [6.45, 7) is 3.41. The number of methoxy groups -OCH3 is 2. The molecule has 1 unspecified atom stereocenters. The highest BCUT2D eigenvalue weighted by Crippen LogP contribution is 2.29. The van der Waals surface area contributed by atoms with E-state index < -0.39 is 0 Å². The average Bonchev–Trinajstić information content (AvgIpc) is 2.60. The van der Waals surface area contributed by atoms with Crippen LogP contribution in [0, 0.1) is 5.92 Å². The number of ether oxygens (including phenoxy) is 2. The van der Waals surface area contributed by atoms with Crippen LogP contribution in [0.15, 0.2) is 18.2 Å². The maximum absolute atomic E-state index is 12.3. The molecule has 23 heavy (non-hydrogen) atoms. The molecule has 3 saturated heterocycles.